The third-order valence-corrected chi connectivity index (χ3v) is 2.40. The summed E-state index contributed by atoms with van der Waals surface area (Å²) in [5.41, 5.74) is 0.410. The standard InChI is InChI=1S/C12H26O/c1-5-6-7-11(8-9-13)10-12(2,3)4/h11,13H,5-10H2,1-4H3/t11-/m0/s1. The Kier molecular flexibility index (Phi) is 6.40. The van der Waals surface area contributed by atoms with Gasteiger partial charge in [-0.05, 0) is 24.2 Å². The Labute approximate surface area is 83.5 Å². The molecule has 0 aromatic carbocycles. The zero-order chi connectivity index (χ0) is 10.3. The van der Waals surface area contributed by atoms with E-state index in [0.717, 1.165) is 12.3 Å². The molecular weight excluding hydrogens is 160 g/mol. The van der Waals surface area contributed by atoms with Crippen molar-refractivity contribution in [1.29, 1.82) is 0 Å². The minimum atomic E-state index is 0.352. The summed E-state index contributed by atoms with van der Waals surface area (Å²) in [5.74, 6) is 0.727. The van der Waals surface area contributed by atoms with Gasteiger partial charge in [-0.25, -0.2) is 0 Å². The Morgan fingerprint density at radius 3 is 2.15 bits per heavy atom. The van der Waals surface area contributed by atoms with E-state index in [2.05, 4.69) is 27.7 Å². The lowest BCUT2D eigenvalue weighted by atomic mass is 9.81. The fourth-order valence-corrected chi connectivity index (χ4v) is 1.89. The summed E-state index contributed by atoms with van der Waals surface area (Å²) in [6.07, 6.45) is 6.09. The molecule has 0 aliphatic heterocycles. The highest BCUT2D eigenvalue weighted by atomic mass is 16.3. The topological polar surface area (TPSA) is 20.2 Å². The van der Waals surface area contributed by atoms with Gasteiger partial charge < -0.3 is 5.11 Å². The van der Waals surface area contributed by atoms with Crippen LogP contribution in [-0.2, 0) is 0 Å². The molecule has 0 heterocycles. The Morgan fingerprint density at radius 2 is 1.77 bits per heavy atom. The van der Waals surface area contributed by atoms with Crippen LogP contribution in [0.1, 0.15) is 59.8 Å². The summed E-state index contributed by atoms with van der Waals surface area (Å²) in [4.78, 5) is 0. The first kappa shape index (κ1) is 13.0. The first-order chi connectivity index (χ1) is 5.99. The molecule has 0 saturated heterocycles. The Bertz CT molecular complexity index is 113. The fourth-order valence-electron chi connectivity index (χ4n) is 1.89. The molecule has 1 N–H and O–H groups in total. The number of aliphatic hydroxyl groups excluding tert-OH is 1. The third-order valence-electron chi connectivity index (χ3n) is 2.40. The van der Waals surface area contributed by atoms with E-state index in [-0.39, 0.29) is 0 Å². The van der Waals surface area contributed by atoms with Gasteiger partial charge in [0.05, 0.1) is 0 Å². The molecule has 0 bridgehead atoms. The average molecular weight is 186 g/mol. The van der Waals surface area contributed by atoms with Crippen LogP contribution in [0.2, 0.25) is 0 Å². The second kappa shape index (κ2) is 6.42. The highest BCUT2D eigenvalue weighted by Gasteiger charge is 2.17. The van der Waals surface area contributed by atoms with Crippen molar-refractivity contribution in [2.24, 2.45) is 11.3 Å². The lowest BCUT2D eigenvalue weighted by Crippen LogP contribution is -2.14. The third kappa shape index (κ3) is 8.29. The second-order valence-electron chi connectivity index (χ2n) is 5.29. The quantitative estimate of drug-likeness (QED) is 0.672. The molecule has 0 aliphatic carbocycles. The van der Waals surface area contributed by atoms with E-state index in [1.807, 2.05) is 0 Å². The van der Waals surface area contributed by atoms with Crippen LogP contribution in [0.5, 0.6) is 0 Å². The van der Waals surface area contributed by atoms with Crippen molar-refractivity contribution in [2.45, 2.75) is 59.8 Å². The molecule has 0 amide bonds. The minimum absolute atomic E-state index is 0.352. The SMILES string of the molecule is CCCC[C@@H](CCO)CC(C)(C)C. The van der Waals surface area contributed by atoms with Crippen LogP contribution < -0.4 is 0 Å². The van der Waals surface area contributed by atoms with Crippen LogP contribution in [0, 0.1) is 11.3 Å². The summed E-state index contributed by atoms with van der Waals surface area (Å²) >= 11 is 0. The average Bonchev–Trinajstić information content (AvgIpc) is 1.98. The van der Waals surface area contributed by atoms with Crippen LogP contribution in [-0.4, -0.2) is 11.7 Å². The van der Waals surface area contributed by atoms with Crippen LogP contribution in [0.25, 0.3) is 0 Å². The molecule has 1 atom stereocenters. The van der Waals surface area contributed by atoms with Gasteiger partial charge in [-0.1, -0.05) is 47.0 Å². The van der Waals surface area contributed by atoms with Crippen molar-refractivity contribution < 1.29 is 5.11 Å². The van der Waals surface area contributed by atoms with Crippen LogP contribution in [0.15, 0.2) is 0 Å². The van der Waals surface area contributed by atoms with Gasteiger partial charge in [0.2, 0.25) is 0 Å². The van der Waals surface area contributed by atoms with Crippen molar-refractivity contribution in [3.05, 3.63) is 0 Å². The van der Waals surface area contributed by atoms with Gasteiger partial charge in [0, 0.05) is 6.61 Å². The van der Waals surface area contributed by atoms with E-state index in [0.29, 0.717) is 12.0 Å². The zero-order valence-electron chi connectivity index (χ0n) is 9.77. The fraction of sp³-hybridized carbons (Fsp3) is 1.00. The van der Waals surface area contributed by atoms with Crippen molar-refractivity contribution in [3.8, 4) is 0 Å². The first-order valence-electron chi connectivity index (χ1n) is 5.60. The maximum absolute atomic E-state index is 8.93. The molecule has 0 unspecified atom stereocenters. The lowest BCUT2D eigenvalue weighted by Gasteiger charge is -2.25. The number of rotatable bonds is 6. The van der Waals surface area contributed by atoms with Gasteiger partial charge in [0.25, 0.3) is 0 Å². The van der Waals surface area contributed by atoms with Crippen LogP contribution in [0.4, 0.5) is 0 Å². The highest BCUT2D eigenvalue weighted by Crippen LogP contribution is 2.29. The number of unbranched alkanes of at least 4 members (excludes halogenated alkanes) is 1. The monoisotopic (exact) mass is 186 g/mol. The Hall–Kier alpha value is -0.0400. The van der Waals surface area contributed by atoms with Crippen molar-refractivity contribution >= 4 is 0 Å². The van der Waals surface area contributed by atoms with Gasteiger partial charge in [-0.3, -0.25) is 0 Å². The first-order valence-corrected chi connectivity index (χ1v) is 5.60. The van der Waals surface area contributed by atoms with E-state index < -0.39 is 0 Å². The van der Waals surface area contributed by atoms with Crippen molar-refractivity contribution in [1.82, 2.24) is 0 Å². The Balaban J connectivity index is 3.79. The van der Waals surface area contributed by atoms with Crippen LogP contribution >= 0.6 is 0 Å². The largest absolute Gasteiger partial charge is 0.396 e. The molecule has 13 heavy (non-hydrogen) atoms. The molecular formula is C12H26O. The molecule has 0 fully saturated rings. The molecule has 0 saturated carbocycles. The van der Waals surface area contributed by atoms with E-state index >= 15 is 0 Å². The molecule has 0 rings (SSSR count). The van der Waals surface area contributed by atoms with E-state index in [4.69, 9.17) is 5.11 Å². The molecule has 0 aliphatic rings. The normalized spacial score (nSPS) is 14.5. The molecule has 0 radical (unpaired) electrons. The minimum Gasteiger partial charge on any atom is -0.396 e. The number of aliphatic hydroxyl groups is 1. The van der Waals surface area contributed by atoms with Gasteiger partial charge in [0.1, 0.15) is 0 Å². The van der Waals surface area contributed by atoms with E-state index in [9.17, 15) is 0 Å². The number of hydrogen-bond acceptors (Lipinski definition) is 1. The van der Waals surface area contributed by atoms with Gasteiger partial charge in [-0.15, -0.1) is 0 Å². The van der Waals surface area contributed by atoms with Gasteiger partial charge in [0.15, 0.2) is 0 Å². The summed E-state index contributed by atoms with van der Waals surface area (Å²) in [7, 11) is 0. The van der Waals surface area contributed by atoms with Crippen molar-refractivity contribution in [2.75, 3.05) is 6.61 Å². The molecule has 0 aromatic rings. The summed E-state index contributed by atoms with van der Waals surface area (Å²) in [5, 5.41) is 8.93. The number of hydrogen-bond donors (Lipinski definition) is 1. The summed E-state index contributed by atoms with van der Waals surface area (Å²) in [6, 6.07) is 0. The molecule has 1 nitrogen and oxygen atoms in total. The molecule has 80 valence electrons. The molecule has 0 spiro atoms. The highest BCUT2D eigenvalue weighted by molar-refractivity contribution is 4.69. The lowest BCUT2D eigenvalue weighted by molar-refractivity contribution is 0.208. The molecule has 0 aromatic heterocycles. The summed E-state index contributed by atoms with van der Waals surface area (Å²) < 4.78 is 0. The second-order valence-corrected chi connectivity index (χ2v) is 5.29. The predicted molar refractivity (Wildman–Crippen MR) is 58.8 cm³/mol. The summed E-state index contributed by atoms with van der Waals surface area (Å²) in [6.45, 7) is 9.42. The zero-order valence-corrected chi connectivity index (χ0v) is 9.77. The maximum Gasteiger partial charge on any atom is 0.0433 e. The van der Waals surface area contributed by atoms with Crippen molar-refractivity contribution in [3.63, 3.8) is 0 Å². The van der Waals surface area contributed by atoms with E-state index in [1.165, 1.54) is 25.7 Å². The Morgan fingerprint density at radius 1 is 1.15 bits per heavy atom. The smallest absolute Gasteiger partial charge is 0.0433 e. The van der Waals surface area contributed by atoms with E-state index in [1.54, 1.807) is 0 Å². The molecule has 1 heteroatoms. The van der Waals surface area contributed by atoms with Crippen LogP contribution in [0.3, 0.4) is 0 Å². The maximum atomic E-state index is 8.93. The van der Waals surface area contributed by atoms with Gasteiger partial charge in [-0.2, -0.15) is 0 Å². The predicted octanol–water partition coefficient (Wildman–Crippen LogP) is 3.61. The van der Waals surface area contributed by atoms with Gasteiger partial charge >= 0.3 is 0 Å².